The lowest BCUT2D eigenvalue weighted by atomic mass is 10.00. The van der Waals surface area contributed by atoms with Crippen LogP contribution in [0.5, 0.6) is 0 Å². The van der Waals surface area contributed by atoms with Crippen molar-refractivity contribution >= 4 is 27.6 Å². The molecule has 1 unspecified atom stereocenters. The topological polar surface area (TPSA) is 150 Å². The lowest BCUT2D eigenvalue weighted by molar-refractivity contribution is 0.102. The van der Waals surface area contributed by atoms with Gasteiger partial charge in [0, 0.05) is 12.7 Å². The molecule has 4 heterocycles. The Morgan fingerprint density at radius 3 is 2.88 bits per heavy atom. The number of fused-ring (bicyclic) bond motifs is 1. The van der Waals surface area contributed by atoms with Crippen molar-refractivity contribution in [1.82, 2.24) is 14.3 Å². The molecule has 2 aliphatic heterocycles. The first kappa shape index (κ1) is 21.6. The third-order valence-corrected chi connectivity index (χ3v) is 7.80. The van der Waals surface area contributed by atoms with E-state index in [0.717, 1.165) is 18.9 Å². The molecule has 0 aliphatic carbocycles. The van der Waals surface area contributed by atoms with E-state index in [-0.39, 0.29) is 28.9 Å². The van der Waals surface area contributed by atoms with E-state index in [1.54, 1.807) is 6.92 Å². The van der Waals surface area contributed by atoms with Crippen LogP contribution in [0.1, 0.15) is 41.5 Å². The summed E-state index contributed by atoms with van der Waals surface area (Å²) in [5.74, 6) is -1.20. The van der Waals surface area contributed by atoms with Crippen LogP contribution >= 0.6 is 0 Å². The van der Waals surface area contributed by atoms with Crippen molar-refractivity contribution in [2.24, 2.45) is 15.1 Å². The Kier molecular flexibility index (Phi) is 5.52. The van der Waals surface area contributed by atoms with Crippen molar-refractivity contribution in [1.29, 1.82) is 5.26 Å². The zero-order valence-corrected chi connectivity index (χ0v) is 18.1. The first-order valence-electron chi connectivity index (χ1n) is 9.92. The average molecular weight is 457 g/mol. The zero-order valence-electron chi connectivity index (χ0n) is 17.3. The molecule has 3 N–H and O–H groups in total. The summed E-state index contributed by atoms with van der Waals surface area (Å²) < 4.78 is 34.2. The van der Waals surface area contributed by atoms with Crippen LogP contribution in [0.4, 0.5) is 10.2 Å². The van der Waals surface area contributed by atoms with E-state index in [4.69, 9.17) is 11.0 Å². The third-order valence-electron chi connectivity index (χ3n) is 5.22. The van der Waals surface area contributed by atoms with Gasteiger partial charge in [-0.1, -0.05) is 0 Å². The minimum absolute atomic E-state index is 0.0341. The van der Waals surface area contributed by atoms with Gasteiger partial charge < -0.3 is 11.1 Å². The number of aromatic nitrogens is 2. The summed E-state index contributed by atoms with van der Waals surface area (Å²) in [6.07, 6.45) is 2.84. The molecule has 2 atom stereocenters. The van der Waals surface area contributed by atoms with E-state index in [1.165, 1.54) is 28.7 Å². The second kappa shape index (κ2) is 8.16. The van der Waals surface area contributed by atoms with E-state index < -0.39 is 27.2 Å². The van der Waals surface area contributed by atoms with Crippen molar-refractivity contribution in [2.45, 2.75) is 25.3 Å². The minimum Gasteiger partial charge on any atom is -0.369 e. The lowest BCUT2D eigenvalue weighted by Gasteiger charge is -2.37. The molecule has 0 bridgehead atoms. The average Bonchev–Trinajstić information content (AvgIpc) is 2.96. The number of carbonyl (C=O) groups is 1. The Labute approximate surface area is 184 Å². The number of halogens is 1. The molecule has 166 valence electrons. The van der Waals surface area contributed by atoms with Gasteiger partial charge in [-0.25, -0.2) is 27.9 Å². The summed E-state index contributed by atoms with van der Waals surface area (Å²) in [7, 11) is -2.90. The van der Waals surface area contributed by atoms with Crippen molar-refractivity contribution in [3.05, 3.63) is 53.2 Å². The standard InChI is InChI=1S/C20H21FN8O2S/c1-20(12-32(31)25-8-2-3-9-29(32)19(23)28-20)17-14(21)5-7-16(26-17)27-18(30)15-6-4-13(10-22)11-24-15/h4-7,11H,2-3,8-9,12H2,1H3,(H2,23,28)(H,26,27,30)/t20-,32?/m0/s1. The van der Waals surface area contributed by atoms with Gasteiger partial charge in [-0.05, 0) is 44.0 Å². The van der Waals surface area contributed by atoms with Gasteiger partial charge in [0.25, 0.3) is 5.91 Å². The molecule has 2 aromatic rings. The number of nitrogens with one attached hydrogen (secondary N) is 1. The fourth-order valence-corrected chi connectivity index (χ4v) is 6.15. The van der Waals surface area contributed by atoms with Gasteiger partial charge in [0.05, 0.1) is 17.9 Å². The predicted molar refractivity (Wildman–Crippen MR) is 116 cm³/mol. The Balaban J connectivity index is 1.67. The molecule has 32 heavy (non-hydrogen) atoms. The number of aliphatic imine (C=N–C) groups is 1. The molecule has 4 rings (SSSR count). The molecule has 0 aromatic carbocycles. The molecular weight excluding hydrogens is 435 g/mol. The van der Waals surface area contributed by atoms with Gasteiger partial charge in [-0.15, -0.1) is 0 Å². The van der Waals surface area contributed by atoms with Gasteiger partial charge in [-0.3, -0.25) is 9.10 Å². The molecule has 0 radical (unpaired) electrons. The van der Waals surface area contributed by atoms with E-state index in [9.17, 15) is 13.4 Å². The van der Waals surface area contributed by atoms with Crippen LogP contribution in [-0.4, -0.2) is 49.2 Å². The molecular formula is C20H21FN8O2S. The summed E-state index contributed by atoms with van der Waals surface area (Å²) in [5, 5.41) is 11.4. The molecule has 0 fully saturated rings. The number of nitriles is 1. The van der Waals surface area contributed by atoms with Gasteiger partial charge in [-0.2, -0.15) is 5.26 Å². The maximum absolute atomic E-state index is 14.8. The molecule has 2 aromatic heterocycles. The zero-order chi connectivity index (χ0) is 22.9. The highest BCUT2D eigenvalue weighted by atomic mass is 32.2. The summed E-state index contributed by atoms with van der Waals surface area (Å²) in [6, 6.07) is 7.25. The minimum atomic E-state index is -2.90. The normalized spacial score (nSPS) is 24.9. The van der Waals surface area contributed by atoms with Gasteiger partial charge in [0.2, 0.25) is 5.96 Å². The number of hydrogen-bond donors (Lipinski definition) is 2. The number of nitrogens with two attached hydrogens (primary N) is 1. The number of guanidine groups is 1. The summed E-state index contributed by atoms with van der Waals surface area (Å²) in [6.45, 7) is 2.50. The van der Waals surface area contributed by atoms with Crippen molar-refractivity contribution in [3.8, 4) is 6.07 Å². The van der Waals surface area contributed by atoms with Crippen LogP contribution < -0.4 is 11.1 Å². The molecule has 0 saturated carbocycles. The second-order valence-corrected chi connectivity index (χ2v) is 9.88. The maximum Gasteiger partial charge on any atom is 0.275 e. The number of nitrogens with zero attached hydrogens (tertiary/aromatic N) is 6. The maximum atomic E-state index is 14.8. The molecule has 2 aliphatic rings. The first-order valence-corrected chi connectivity index (χ1v) is 11.6. The molecule has 0 spiro atoms. The number of rotatable bonds is 3. The van der Waals surface area contributed by atoms with Crippen LogP contribution in [0.2, 0.25) is 0 Å². The number of amides is 1. The lowest BCUT2D eigenvalue weighted by Crippen LogP contribution is -2.52. The van der Waals surface area contributed by atoms with E-state index in [0.29, 0.717) is 18.7 Å². The molecule has 0 saturated heterocycles. The number of carbonyl (C=O) groups excluding carboxylic acids is 1. The molecule has 12 heteroatoms. The Hall–Kier alpha value is -3.59. The third kappa shape index (κ3) is 3.99. The monoisotopic (exact) mass is 456 g/mol. The van der Waals surface area contributed by atoms with Gasteiger partial charge in [0.15, 0.2) is 0 Å². The molecule has 1 amide bonds. The number of pyridine rings is 2. The SMILES string of the molecule is C[C@@]1(c2nc(NC(=O)c3ccc(C#N)cn3)ccc2F)CS2(=O)=NCCCCN2C(N)=N1. The predicted octanol–water partition coefficient (Wildman–Crippen LogP) is 1.76. The largest absolute Gasteiger partial charge is 0.369 e. The summed E-state index contributed by atoms with van der Waals surface area (Å²) >= 11 is 0. The van der Waals surface area contributed by atoms with Crippen molar-refractivity contribution in [3.63, 3.8) is 0 Å². The first-order chi connectivity index (χ1) is 15.2. The van der Waals surface area contributed by atoms with E-state index in [1.807, 2.05) is 6.07 Å². The second-order valence-electron chi connectivity index (χ2n) is 7.68. The smallest absolute Gasteiger partial charge is 0.275 e. The van der Waals surface area contributed by atoms with E-state index in [2.05, 4.69) is 24.6 Å². The van der Waals surface area contributed by atoms with Crippen LogP contribution in [-0.2, 0) is 15.5 Å². The van der Waals surface area contributed by atoms with Gasteiger partial charge >= 0.3 is 0 Å². The molecule has 10 nitrogen and oxygen atoms in total. The van der Waals surface area contributed by atoms with Crippen LogP contribution in [0.15, 0.2) is 39.8 Å². The van der Waals surface area contributed by atoms with Crippen LogP contribution in [0.25, 0.3) is 0 Å². The van der Waals surface area contributed by atoms with Crippen LogP contribution in [0.3, 0.4) is 0 Å². The Morgan fingerprint density at radius 2 is 2.16 bits per heavy atom. The van der Waals surface area contributed by atoms with Crippen molar-refractivity contribution in [2.75, 3.05) is 24.2 Å². The Morgan fingerprint density at radius 1 is 1.34 bits per heavy atom. The fraction of sp³-hybridized carbons (Fsp3) is 0.350. The van der Waals surface area contributed by atoms with Gasteiger partial charge in [0.1, 0.15) is 44.5 Å². The highest BCUT2D eigenvalue weighted by Crippen LogP contribution is 2.35. The Bertz CT molecular complexity index is 1260. The quantitative estimate of drug-likeness (QED) is 0.718. The highest BCUT2D eigenvalue weighted by molar-refractivity contribution is 7.92. The van der Waals surface area contributed by atoms with E-state index >= 15 is 0 Å². The van der Waals surface area contributed by atoms with Crippen LogP contribution in [0, 0.1) is 17.1 Å². The number of anilines is 1. The van der Waals surface area contributed by atoms with Crippen molar-refractivity contribution < 1.29 is 13.4 Å². The summed E-state index contributed by atoms with van der Waals surface area (Å²) in [5.41, 5.74) is 5.08. The fourth-order valence-electron chi connectivity index (χ4n) is 3.66. The number of hydrogen-bond acceptors (Lipinski definition) is 8. The summed E-state index contributed by atoms with van der Waals surface area (Å²) in [4.78, 5) is 25.1. The highest BCUT2D eigenvalue weighted by Gasteiger charge is 2.43.